The zero-order valence-electron chi connectivity index (χ0n) is 18.8. The maximum absolute atomic E-state index is 15.0. The molecule has 0 saturated heterocycles. The minimum absolute atomic E-state index is 0.102. The molecule has 0 aliphatic carbocycles. The molecular formula is C26H26F2N2O2. The van der Waals surface area contributed by atoms with Crippen LogP contribution in [-0.2, 0) is 5.60 Å². The highest BCUT2D eigenvalue weighted by molar-refractivity contribution is 5.77. The predicted molar refractivity (Wildman–Crippen MR) is 122 cm³/mol. The minimum atomic E-state index is -1.33. The second kappa shape index (κ2) is 8.02. The Balaban J connectivity index is 1.89. The van der Waals surface area contributed by atoms with E-state index in [0.29, 0.717) is 28.1 Å². The van der Waals surface area contributed by atoms with Gasteiger partial charge in [0.1, 0.15) is 11.6 Å². The highest BCUT2D eigenvalue weighted by atomic mass is 19.1. The van der Waals surface area contributed by atoms with Gasteiger partial charge in [0.2, 0.25) is 0 Å². The van der Waals surface area contributed by atoms with Crippen LogP contribution in [0.3, 0.4) is 0 Å². The van der Waals surface area contributed by atoms with E-state index in [4.69, 9.17) is 4.74 Å². The first-order chi connectivity index (χ1) is 15.1. The van der Waals surface area contributed by atoms with Crippen LogP contribution in [-0.4, -0.2) is 21.6 Å². The number of fused-ring (bicyclic) bond motifs is 1. The largest absolute Gasteiger partial charge is 0.496 e. The lowest BCUT2D eigenvalue weighted by Crippen LogP contribution is -2.18. The van der Waals surface area contributed by atoms with E-state index < -0.39 is 11.4 Å². The monoisotopic (exact) mass is 436 g/mol. The zero-order chi connectivity index (χ0) is 23.2. The Morgan fingerprint density at radius 3 is 2.44 bits per heavy atom. The van der Waals surface area contributed by atoms with Crippen LogP contribution in [0.1, 0.15) is 44.7 Å². The molecule has 166 valence electrons. The number of halogens is 2. The van der Waals surface area contributed by atoms with Crippen molar-refractivity contribution in [1.82, 2.24) is 9.38 Å². The van der Waals surface area contributed by atoms with Crippen molar-refractivity contribution < 1.29 is 18.6 Å². The summed E-state index contributed by atoms with van der Waals surface area (Å²) < 4.78 is 37.0. The van der Waals surface area contributed by atoms with Crippen LogP contribution in [0.4, 0.5) is 8.78 Å². The molecular weight excluding hydrogens is 410 g/mol. The number of aliphatic hydroxyl groups is 1. The van der Waals surface area contributed by atoms with Gasteiger partial charge in [-0.3, -0.25) is 4.40 Å². The van der Waals surface area contributed by atoms with Crippen molar-refractivity contribution >= 4 is 5.65 Å². The van der Waals surface area contributed by atoms with E-state index in [1.165, 1.54) is 26.0 Å². The second-order valence-electron chi connectivity index (χ2n) is 8.75. The van der Waals surface area contributed by atoms with Gasteiger partial charge in [-0.1, -0.05) is 19.9 Å². The van der Waals surface area contributed by atoms with E-state index in [2.05, 4.69) is 18.8 Å². The molecule has 4 rings (SSSR count). The molecule has 0 spiro atoms. The number of imidazole rings is 1. The van der Waals surface area contributed by atoms with Crippen molar-refractivity contribution in [3.8, 4) is 28.1 Å². The van der Waals surface area contributed by atoms with Crippen molar-refractivity contribution in [2.45, 2.75) is 39.2 Å². The maximum atomic E-state index is 15.0. The molecule has 0 bridgehead atoms. The SMILES string of the molecule is COc1ccc(C(C)C)cc1-c1cc(-c2cnc3c(F)c(C(C)(C)O)ccn23)ccc1F. The number of ether oxygens (including phenoxy) is 1. The van der Waals surface area contributed by atoms with Gasteiger partial charge in [0.05, 0.1) is 24.6 Å². The fraction of sp³-hybridized carbons (Fsp3) is 0.269. The molecule has 0 fully saturated rings. The summed E-state index contributed by atoms with van der Waals surface area (Å²) in [6.45, 7) is 7.20. The number of hydrogen-bond acceptors (Lipinski definition) is 3. The first kappa shape index (κ1) is 22.0. The Morgan fingerprint density at radius 1 is 1.03 bits per heavy atom. The normalized spacial score (nSPS) is 12.0. The first-order valence-corrected chi connectivity index (χ1v) is 10.5. The molecule has 2 aromatic carbocycles. The Morgan fingerprint density at radius 2 is 1.78 bits per heavy atom. The summed E-state index contributed by atoms with van der Waals surface area (Å²) in [7, 11) is 1.56. The van der Waals surface area contributed by atoms with Crippen LogP contribution in [0.5, 0.6) is 5.75 Å². The number of pyridine rings is 1. The smallest absolute Gasteiger partial charge is 0.174 e. The average Bonchev–Trinajstić information content (AvgIpc) is 3.18. The molecule has 0 radical (unpaired) electrons. The molecule has 0 aliphatic rings. The van der Waals surface area contributed by atoms with E-state index >= 15 is 4.39 Å². The molecule has 2 aromatic heterocycles. The second-order valence-corrected chi connectivity index (χ2v) is 8.75. The van der Waals surface area contributed by atoms with Crippen molar-refractivity contribution in [2.24, 2.45) is 0 Å². The molecule has 32 heavy (non-hydrogen) atoms. The quantitative estimate of drug-likeness (QED) is 0.399. The van der Waals surface area contributed by atoms with Crippen molar-refractivity contribution in [2.75, 3.05) is 7.11 Å². The molecule has 0 atom stereocenters. The summed E-state index contributed by atoms with van der Waals surface area (Å²) in [6.07, 6.45) is 3.21. The lowest BCUT2D eigenvalue weighted by atomic mass is 9.95. The lowest BCUT2D eigenvalue weighted by molar-refractivity contribution is 0.0746. The van der Waals surface area contributed by atoms with Crippen LogP contribution >= 0.6 is 0 Å². The van der Waals surface area contributed by atoms with Crippen LogP contribution in [0.15, 0.2) is 54.9 Å². The number of methoxy groups -OCH3 is 1. The average molecular weight is 437 g/mol. The summed E-state index contributed by atoms with van der Waals surface area (Å²) in [5.74, 6) is -0.112. The number of rotatable bonds is 5. The van der Waals surface area contributed by atoms with Gasteiger partial charge < -0.3 is 9.84 Å². The van der Waals surface area contributed by atoms with Gasteiger partial charge in [-0.2, -0.15) is 0 Å². The molecule has 0 saturated carbocycles. The summed E-state index contributed by atoms with van der Waals surface area (Å²) in [6, 6.07) is 12.1. The van der Waals surface area contributed by atoms with E-state index in [-0.39, 0.29) is 22.9 Å². The highest BCUT2D eigenvalue weighted by Crippen LogP contribution is 2.37. The van der Waals surface area contributed by atoms with Crippen LogP contribution in [0.2, 0.25) is 0 Å². The summed E-state index contributed by atoms with van der Waals surface area (Å²) >= 11 is 0. The van der Waals surface area contributed by atoms with Gasteiger partial charge in [0, 0.05) is 28.5 Å². The van der Waals surface area contributed by atoms with Gasteiger partial charge in [0.25, 0.3) is 0 Å². The predicted octanol–water partition coefficient (Wildman–Crippen LogP) is 6.31. The lowest BCUT2D eigenvalue weighted by Gasteiger charge is -2.19. The summed E-state index contributed by atoms with van der Waals surface area (Å²) in [4.78, 5) is 4.22. The van der Waals surface area contributed by atoms with Crippen LogP contribution < -0.4 is 4.74 Å². The minimum Gasteiger partial charge on any atom is -0.496 e. The van der Waals surface area contributed by atoms with Crippen molar-refractivity contribution in [3.05, 3.63) is 77.6 Å². The molecule has 4 aromatic rings. The molecule has 2 heterocycles. The number of nitrogens with zero attached hydrogens (tertiary/aromatic N) is 2. The van der Waals surface area contributed by atoms with E-state index in [1.807, 2.05) is 18.2 Å². The van der Waals surface area contributed by atoms with E-state index in [1.54, 1.807) is 36.0 Å². The molecule has 0 amide bonds. The standard InChI is InChI=1S/C26H26F2N2O2/c1-15(2)16-7-9-23(32-5)19(12-16)18-13-17(6-8-21(18)27)22-14-29-25-24(28)20(26(3,4)31)10-11-30(22)25/h6-15,31H,1-5H3. The highest BCUT2D eigenvalue weighted by Gasteiger charge is 2.24. The molecule has 0 aliphatic heterocycles. The van der Waals surface area contributed by atoms with Gasteiger partial charge in [-0.05, 0) is 61.7 Å². The topological polar surface area (TPSA) is 46.8 Å². The number of aromatic nitrogens is 2. The zero-order valence-corrected chi connectivity index (χ0v) is 18.8. The molecule has 4 nitrogen and oxygen atoms in total. The fourth-order valence-electron chi connectivity index (χ4n) is 3.89. The number of benzene rings is 2. The van der Waals surface area contributed by atoms with Gasteiger partial charge in [-0.25, -0.2) is 13.8 Å². The Kier molecular flexibility index (Phi) is 5.51. The molecule has 1 N–H and O–H groups in total. The third kappa shape index (κ3) is 3.75. The van der Waals surface area contributed by atoms with E-state index in [9.17, 15) is 9.50 Å². The van der Waals surface area contributed by atoms with E-state index in [0.717, 1.165) is 5.56 Å². The van der Waals surface area contributed by atoms with Gasteiger partial charge in [0.15, 0.2) is 11.5 Å². The third-order valence-corrected chi connectivity index (χ3v) is 5.72. The van der Waals surface area contributed by atoms with Crippen LogP contribution in [0.25, 0.3) is 28.0 Å². The first-order valence-electron chi connectivity index (χ1n) is 10.5. The van der Waals surface area contributed by atoms with Crippen molar-refractivity contribution in [1.29, 1.82) is 0 Å². The summed E-state index contributed by atoms with van der Waals surface area (Å²) in [5, 5.41) is 10.2. The van der Waals surface area contributed by atoms with Gasteiger partial charge in [-0.15, -0.1) is 0 Å². The van der Waals surface area contributed by atoms with Gasteiger partial charge >= 0.3 is 0 Å². The third-order valence-electron chi connectivity index (χ3n) is 5.72. The van der Waals surface area contributed by atoms with Crippen molar-refractivity contribution in [3.63, 3.8) is 0 Å². The molecule has 0 unspecified atom stereocenters. The Bertz CT molecular complexity index is 1300. The summed E-state index contributed by atoms with van der Waals surface area (Å²) in [5.41, 5.74) is 2.35. The Hall–Kier alpha value is -3.25. The molecule has 6 heteroatoms. The van der Waals surface area contributed by atoms with Crippen LogP contribution in [0, 0.1) is 11.6 Å². The number of hydrogen-bond donors (Lipinski definition) is 1. The fourth-order valence-corrected chi connectivity index (χ4v) is 3.89. The Labute approximate surface area is 186 Å². The maximum Gasteiger partial charge on any atom is 0.174 e.